The van der Waals surface area contributed by atoms with Crippen molar-refractivity contribution in [1.82, 2.24) is 14.8 Å². The first-order valence-corrected chi connectivity index (χ1v) is 6.44. The molecule has 0 radical (unpaired) electrons. The number of rotatable bonds is 1. The van der Waals surface area contributed by atoms with Gasteiger partial charge in [-0.05, 0) is 46.9 Å². The van der Waals surface area contributed by atoms with Gasteiger partial charge in [0.05, 0.1) is 21.0 Å². The molecule has 0 spiro atoms. The van der Waals surface area contributed by atoms with Gasteiger partial charge in [-0.25, -0.2) is 4.68 Å². The molecule has 0 saturated heterocycles. The molecule has 1 aromatic carbocycles. The Morgan fingerprint density at radius 1 is 1.24 bits per heavy atom. The van der Waals surface area contributed by atoms with Crippen LogP contribution in [0.1, 0.15) is 0 Å². The van der Waals surface area contributed by atoms with Crippen molar-refractivity contribution in [2.24, 2.45) is 0 Å². The van der Waals surface area contributed by atoms with Gasteiger partial charge in [-0.15, -0.1) is 0 Å². The minimum absolute atomic E-state index is 0.692. The normalized spacial score (nSPS) is 10.9. The Balaban J connectivity index is 2.30. The van der Waals surface area contributed by atoms with Crippen molar-refractivity contribution in [3.05, 3.63) is 51.4 Å². The summed E-state index contributed by atoms with van der Waals surface area (Å²) in [6.45, 7) is 0. The van der Waals surface area contributed by atoms with E-state index < -0.39 is 0 Å². The zero-order chi connectivity index (χ0) is 11.8. The molecule has 3 rings (SSSR count). The molecular weight excluding hydrogens is 349 g/mol. The van der Waals surface area contributed by atoms with Gasteiger partial charge in [-0.2, -0.15) is 5.10 Å². The average molecular weight is 356 g/mol. The standard InChI is InChI=1S/C12H7ClIN3/c13-8-1-2-10-11(5-8)15-4-3-12(10)17-7-9(14)6-16-17/h1-7H. The number of fused-ring (bicyclic) bond motifs is 1. The Bertz CT molecular complexity index is 693. The van der Waals surface area contributed by atoms with E-state index in [1.807, 2.05) is 41.3 Å². The van der Waals surface area contributed by atoms with Gasteiger partial charge in [0.2, 0.25) is 0 Å². The molecule has 2 heterocycles. The van der Waals surface area contributed by atoms with Gasteiger partial charge in [-0.1, -0.05) is 11.6 Å². The van der Waals surface area contributed by atoms with E-state index in [4.69, 9.17) is 11.6 Å². The van der Waals surface area contributed by atoms with Crippen molar-refractivity contribution >= 4 is 45.1 Å². The topological polar surface area (TPSA) is 30.7 Å². The minimum Gasteiger partial charge on any atom is -0.256 e. The van der Waals surface area contributed by atoms with Crippen molar-refractivity contribution in [2.45, 2.75) is 0 Å². The molecule has 0 N–H and O–H groups in total. The second kappa shape index (κ2) is 4.27. The van der Waals surface area contributed by atoms with E-state index in [0.29, 0.717) is 5.02 Å². The van der Waals surface area contributed by atoms with Crippen LogP contribution >= 0.6 is 34.2 Å². The van der Waals surface area contributed by atoms with Crippen molar-refractivity contribution in [1.29, 1.82) is 0 Å². The summed E-state index contributed by atoms with van der Waals surface area (Å²) in [5.41, 5.74) is 1.88. The molecule has 5 heteroatoms. The number of hydrogen-bond donors (Lipinski definition) is 0. The SMILES string of the molecule is Clc1ccc2c(-n3cc(I)cn3)ccnc2c1. The maximum atomic E-state index is 5.96. The molecule has 0 amide bonds. The fraction of sp³-hybridized carbons (Fsp3) is 0. The summed E-state index contributed by atoms with van der Waals surface area (Å²) in [5.74, 6) is 0. The van der Waals surface area contributed by atoms with Crippen LogP contribution in [-0.2, 0) is 0 Å². The molecule has 0 aliphatic heterocycles. The molecule has 0 aliphatic rings. The number of pyridine rings is 1. The molecule has 0 atom stereocenters. The van der Waals surface area contributed by atoms with Crippen LogP contribution in [0.25, 0.3) is 16.6 Å². The number of aromatic nitrogens is 3. The molecule has 3 nitrogen and oxygen atoms in total. The van der Waals surface area contributed by atoms with Gasteiger partial charge in [0, 0.05) is 22.8 Å². The number of benzene rings is 1. The molecule has 3 aromatic rings. The lowest BCUT2D eigenvalue weighted by Crippen LogP contribution is -1.96. The van der Waals surface area contributed by atoms with Crippen LogP contribution in [0.15, 0.2) is 42.9 Å². The Kier molecular flexibility index (Phi) is 2.76. The van der Waals surface area contributed by atoms with E-state index in [0.717, 1.165) is 20.2 Å². The highest BCUT2D eigenvalue weighted by Gasteiger charge is 2.05. The Labute approximate surface area is 117 Å². The lowest BCUT2D eigenvalue weighted by molar-refractivity contribution is 0.886. The summed E-state index contributed by atoms with van der Waals surface area (Å²) in [5, 5.41) is 6.04. The first kappa shape index (κ1) is 11.0. The summed E-state index contributed by atoms with van der Waals surface area (Å²) < 4.78 is 2.95. The predicted octanol–water partition coefficient (Wildman–Crippen LogP) is 3.68. The van der Waals surface area contributed by atoms with Crippen LogP contribution in [-0.4, -0.2) is 14.8 Å². The maximum absolute atomic E-state index is 5.96. The largest absolute Gasteiger partial charge is 0.256 e. The fourth-order valence-electron chi connectivity index (χ4n) is 1.74. The average Bonchev–Trinajstić information content (AvgIpc) is 2.74. The summed E-state index contributed by atoms with van der Waals surface area (Å²) in [6, 6.07) is 7.63. The Morgan fingerprint density at radius 3 is 2.88 bits per heavy atom. The molecule has 0 saturated carbocycles. The summed E-state index contributed by atoms with van der Waals surface area (Å²) in [6.07, 6.45) is 5.56. The van der Waals surface area contributed by atoms with Crippen molar-refractivity contribution < 1.29 is 0 Å². The highest BCUT2D eigenvalue weighted by Crippen LogP contribution is 2.23. The number of hydrogen-bond acceptors (Lipinski definition) is 2. The molecule has 2 aromatic heterocycles. The van der Waals surface area contributed by atoms with Gasteiger partial charge in [0.15, 0.2) is 0 Å². The van der Waals surface area contributed by atoms with Gasteiger partial charge >= 0.3 is 0 Å². The first-order chi connectivity index (χ1) is 8.24. The molecule has 84 valence electrons. The molecule has 17 heavy (non-hydrogen) atoms. The third-order valence-corrected chi connectivity index (χ3v) is 3.27. The molecule has 0 unspecified atom stereocenters. The Hall–Kier alpha value is -1.14. The van der Waals surface area contributed by atoms with Crippen molar-refractivity contribution in [3.63, 3.8) is 0 Å². The molecule has 0 bridgehead atoms. The van der Waals surface area contributed by atoms with E-state index in [1.165, 1.54) is 0 Å². The van der Waals surface area contributed by atoms with Gasteiger partial charge in [-0.3, -0.25) is 4.98 Å². The Morgan fingerprint density at radius 2 is 2.12 bits per heavy atom. The van der Waals surface area contributed by atoms with Gasteiger partial charge in [0.25, 0.3) is 0 Å². The van der Waals surface area contributed by atoms with Gasteiger partial charge in [0.1, 0.15) is 0 Å². The number of halogens is 2. The third kappa shape index (κ3) is 2.02. The predicted molar refractivity (Wildman–Crippen MR) is 76.6 cm³/mol. The highest BCUT2D eigenvalue weighted by molar-refractivity contribution is 14.1. The molecule has 0 aliphatic carbocycles. The number of nitrogens with zero attached hydrogens (tertiary/aromatic N) is 3. The zero-order valence-corrected chi connectivity index (χ0v) is 11.6. The fourth-order valence-corrected chi connectivity index (χ4v) is 2.29. The van der Waals surface area contributed by atoms with E-state index in [9.17, 15) is 0 Å². The highest BCUT2D eigenvalue weighted by atomic mass is 127. The second-order valence-corrected chi connectivity index (χ2v) is 5.28. The second-order valence-electron chi connectivity index (χ2n) is 3.59. The monoisotopic (exact) mass is 355 g/mol. The molecule has 0 fully saturated rings. The molecular formula is C12H7ClIN3. The minimum atomic E-state index is 0.692. The quantitative estimate of drug-likeness (QED) is 0.624. The van der Waals surface area contributed by atoms with Crippen molar-refractivity contribution in [2.75, 3.05) is 0 Å². The van der Waals surface area contributed by atoms with Crippen LogP contribution in [0.3, 0.4) is 0 Å². The summed E-state index contributed by atoms with van der Waals surface area (Å²) >= 11 is 8.19. The van der Waals surface area contributed by atoms with Crippen LogP contribution in [0, 0.1) is 3.57 Å². The van der Waals surface area contributed by atoms with E-state index in [1.54, 1.807) is 6.20 Å². The van der Waals surface area contributed by atoms with E-state index in [-0.39, 0.29) is 0 Å². The smallest absolute Gasteiger partial charge is 0.0755 e. The van der Waals surface area contributed by atoms with Crippen LogP contribution < -0.4 is 0 Å². The first-order valence-electron chi connectivity index (χ1n) is 4.99. The van der Waals surface area contributed by atoms with Crippen LogP contribution in [0.4, 0.5) is 0 Å². The van der Waals surface area contributed by atoms with Crippen molar-refractivity contribution in [3.8, 4) is 5.69 Å². The summed E-state index contributed by atoms with van der Waals surface area (Å²) in [4.78, 5) is 4.31. The lowest BCUT2D eigenvalue weighted by atomic mass is 10.2. The summed E-state index contributed by atoms with van der Waals surface area (Å²) in [7, 11) is 0. The maximum Gasteiger partial charge on any atom is 0.0755 e. The van der Waals surface area contributed by atoms with E-state index >= 15 is 0 Å². The lowest BCUT2D eigenvalue weighted by Gasteiger charge is -2.05. The van der Waals surface area contributed by atoms with Gasteiger partial charge < -0.3 is 0 Å². The third-order valence-electron chi connectivity index (χ3n) is 2.48. The van der Waals surface area contributed by atoms with Crippen LogP contribution in [0.2, 0.25) is 5.02 Å². The zero-order valence-electron chi connectivity index (χ0n) is 8.64. The van der Waals surface area contributed by atoms with Crippen LogP contribution in [0.5, 0.6) is 0 Å². The van der Waals surface area contributed by atoms with E-state index in [2.05, 4.69) is 32.7 Å².